The fraction of sp³-hybridized carbons (Fsp3) is 0.857. The number of carbonyl (C=O) groups is 1. The van der Waals surface area contributed by atoms with Crippen molar-refractivity contribution in [1.82, 2.24) is 0 Å². The Labute approximate surface area is 155 Å². The normalized spacial score (nSPS) is 13.3. The molecule has 0 aliphatic rings. The standard InChI is InChI=1S/C21H41NO3/c1-5-6-7-8-9-10-11-12-13-14-15-16-17-25-20(18-21(23)24)19-22(2,3)4/h16-17,20H,5-15,18-19H2,1-4H3/p+1. The Kier molecular flexibility index (Phi) is 14.6. The molecule has 1 N–H and O–H groups in total. The van der Waals surface area contributed by atoms with Gasteiger partial charge in [-0.3, -0.25) is 4.79 Å². The van der Waals surface area contributed by atoms with Crippen LogP contribution in [0.3, 0.4) is 0 Å². The van der Waals surface area contributed by atoms with E-state index in [1.54, 1.807) is 6.26 Å². The van der Waals surface area contributed by atoms with Crippen LogP contribution < -0.4 is 0 Å². The number of carboxylic acid groups (broad SMARTS) is 1. The lowest BCUT2D eigenvalue weighted by atomic mass is 10.1. The lowest BCUT2D eigenvalue weighted by molar-refractivity contribution is -0.873. The van der Waals surface area contributed by atoms with Gasteiger partial charge < -0.3 is 14.3 Å². The summed E-state index contributed by atoms with van der Waals surface area (Å²) in [6.07, 6.45) is 18.0. The number of aliphatic carboxylic acids is 1. The monoisotopic (exact) mass is 356 g/mol. The van der Waals surface area contributed by atoms with E-state index < -0.39 is 5.97 Å². The number of likely N-dealkylation sites (N-methyl/N-ethyl adjacent to an activating group) is 1. The second-order valence-electron chi connectivity index (χ2n) is 8.17. The van der Waals surface area contributed by atoms with Crippen molar-refractivity contribution >= 4 is 5.97 Å². The molecule has 0 heterocycles. The van der Waals surface area contributed by atoms with E-state index >= 15 is 0 Å². The summed E-state index contributed by atoms with van der Waals surface area (Å²) >= 11 is 0. The van der Waals surface area contributed by atoms with Gasteiger partial charge in [0.25, 0.3) is 0 Å². The average molecular weight is 357 g/mol. The highest BCUT2D eigenvalue weighted by Gasteiger charge is 2.21. The number of ether oxygens (including phenoxy) is 1. The van der Waals surface area contributed by atoms with Crippen molar-refractivity contribution in [3.8, 4) is 0 Å². The van der Waals surface area contributed by atoms with E-state index in [0.717, 1.165) is 6.42 Å². The first kappa shape index (κ1) is 24.0. The minimum atomic E-state index is -0.804. The molecule has 0 bridgehead atoms. The van der Waals surface area contributed by atoms with Gasteiger partial charge in [0.1, 0.15) is 6.54 Å². The summed E-state index contributed by atoms with van der Waals surface area (Å²) in [6.45, 7) is 2.95. The van der Waals surface area contributed by atoms with E-state index in [4.69, 9.17) is 9.84 Å². The largest absolute Gasteiger partial charge is 0.492 e. The fourth-order valence-corrected chi connectivity index (χ4v) is 2.95. The van der Waals surface area contributed by atoms with Crippen LogP contribution in [0.5, 0.6) is 0 Å². The molecule has 1 unspecified atom stereocenters. The number of carboxylic acids is 1. The highest BCUT2D eigenvalue weighted by Crippen LogP contribution is 2.12. The zero-order valence-corrected chi connectivity index (χ0v) is 17.1. The van der Waals surface area contributed by atoms with Crippen LogP contribution in [-0.2, 0) is 9.53 Å². The first-order chi connectivity index (χ1) is 11.8. The molecule has 0 saturated carbocycles. The van der Waals surface area contributed by atoms with E-state index in [1.807, 2.05) is 27.2 Å². The molecule has 0 radical (unpaired) electrons. The van der Waals surface area contributed by atoms with E-state index in [0.29, 0.717) is 11.0 Å². The Bertz CT molecular complexity index is 348. The number of quaternary nitrogens is 1. The molecule has 0 aromatic carbocycles. The number of unbranched alkanes of at least 4 members (excludes halogenated alkanes) is 10. The van der Waals surface area contributed by atoms with Crippen LogP contribution >= 0.6 is 0 Å². The van der Waals surface area contributed by atoms with Gasteiger partial charge in [0.2, 0.25) is 0 Å². The van der Waals surface area contributed by atoms with Gasteiger partial charge in [0.15, 0.2) is 6.10 Å². The number of rotatable bonds is 17. The Morgan fingerprint density at radius 1 is 0.960 bits per heavy atom. The predicted octanol–water partition coefficient (Wildman–Crippen LogP) is 5.38. The maximum absolute atomic E-state index is 10.9. The summed E-state index contributed by atoms with van der Waals surface area (Å²) in [7, 11) is 6.14. The van der Waals surface area contributed by atoms with Crippen LogP contribution in [0.25, 0.3) is 0 Å². The molecule has 0 aliphatic carbocycles. The molecule has 1 atom stereocenters. The predicted molar refractivity (Wildman–Crippen MR) is 106 cm³/mol. The van der Waals surface area contributed by atoms with Gasteiger partial charge >= 0.3 is 5.97 Å². The summed E-state index contributed by atoms with van der Waals surface area (Å²) in [6, 6.07) is 0. The van der Waals surface area contributed by atoms with E-state index in [9.17, 15) is 4.79 Å². The lowest BCUT2D eigenvalue weighted by Crippen LogP contribution is -2.42. The molecule has 0 spiro atoms. The highest BCUT2D eigenvalue weighted by atomic mass is 16.5. The summed E-state index contributed by atoms with van der Waals surface area (Å²) in [5, 5.41) is 8.97. The first-order valence-electron chi connectivity index (χ1n) is 10.2. The molecule has 148 valence electrons. The molecular formula is C21H42NO3+. The number of allylic oxidation sites excluding steroid dienone is 1. The van der Waals surface area contributed by atoms with E-state index in [1.165, 1.54) is 64.2 Å². The minimum absolute atomic E-state index is 0.0537. The second-order valence-corrected chi connectivity index (χ2v) is 8.17. The zero-order valence-electron chi connectivity index (χ0n) is 17.1. The number of nitrogens with zero attached hydrogens (tertiary/aromatic N) is 1. The molecule has 0 amide bonds. The average Bonchev–Trinajstić information content (AvgIpc) is 2.49. The summed E-state index contributed by atoms with van der Waals surface area (Å²) in [4.78, 5) is 10.9. The van der Waals surface area contributed by atoms with Crippen molar-refractivity contribution in [2.45, 2.75) is 90.1 Å². The SMILES string of the molecule is CCCCCCCCCCCCC=COC(CC(=O)O)C[N+](C)(C)C. The van der Waals surface area contributed by atoms with Gasteiger partial charge in [-0.2, -0.15) is 0 Å². The van der Waals surface area contributed by atoms with Gasteiger partial charge in [-0.25, -0.2) is 0 Å². The van der Waals surface area contributed by atoms with Crippen LogP contribution in [0.2, 0.25) is 0 Å². The topological polar surface area (TPSA) is 46.5 Å². The lowest BCUT2D eigenvalue weighted by Gasteiger charge is -2.28. The minimum Gasteiger partial charge on any atom is -0.492 e. The third-order valence-electron chi connectivity index (χ3n) is 4.25. The maximum atomic E-state index is 10.9. The molecule has 0 aromatic rings. The van der Waals surface area contributed by atoms with Crippen molar-refractivity contribution in [3.63, 3.8) is 0 Å². The van der Waals surface area contributed by atoms with Gasteiger partial charge in [-0.15, -0.1) is 0 Å². The summed E-state index contributed by atoms with van der Waals surface area (Å²) < 4.78 is 6.34. The number of hydrogen-bond acceptors (Lipinski definition) is 2. The third kappa shape index (κ3) is 19.1. The van der Waals surface area contributed by atoms with Crippen molar-refractivity contribution in [2.24, 2.45) is 0 Å². The molecule has 4 nitrogen and oxygen atoms in total. The van der Waals surface area contributed by atoms with Gasteiger partial charge in [-0.1, -0.05) is 64.7 Å². The van der Waals surface area contributed by atoms with Crippen molar-refractivity contribution < 1.29 is 19.1 Å². The van der Waals surface area contributed by atoms with Crippen LogP contribution in [0.15, 0.2) is 12.3 Å². The molecule has 0 fully saturated rings. The van der Waals surface area contributed by atoms with Gasteiger partial charge in [0, 0.05) is 0 Å². The molecule has 0 rings (SSSR count). The van der Waals surface area contributed by atoms with Gasteiger partial charge in [-0.05, 0) is 18.9 Å². The summed E-state index contributed by atoms with van der Waals surface area (Å²) in [5.74, 6) is -0.804. The maximum Gasteiger partial charge on any atom is 0.307 e. The number of hydrogen-bond donors (Lipinski definition) is 1. The van der Waals surface area contributed by atoms with Crippen molar-refractivity contribution in [3.05, 3.63) is 12.3 Å². The second kappa shape index (κ2) is 15.2. The smallest absolute Gasteiger partial charge is 0.307 e. The van der Waals surface area contributed by atoms with Crippen LogP contribution in [0.4, 0.5) is 0 Å². The van der Waals surface area contributed by atoms with E-state index in [2.05, 4.69) is 6.92 Å². The van der Waals surface area contributed by atoms with Crippen LogP contribution in [0, 0.1) is 0 Å². The van der Waals surface area contributed by atoms with Gasteiger partial charge in [0.05, 0.1) is 33.8 Å². The molecule has 25 heavy (non-hydrogen) atoms. The fourth-order valence-electron chi connectivity index (χ4n) is 2.95. The Hall–Kier alpha value is -1.03. The highest BCUT2D eigenvalue weighted by molar-refractivity contribution is 5.67. The van der Waals surface area contributed by atoms with Crippen LogP contribution in [-0.4, -0.2) is 49.4 Å². The Morgan fingerprint density at radius 2 is 1.48 bits per heavy atom. The molecule has 0 saturated heterocycles. The molecule has 0 aliphatic heterocycles. The first-order valence-corrected chi connectivity index (χ1v) is 10.2. The molecule has 4 heteroatoms. The summed E-state index contributed by atoms with van der Waals surface area (Å²) in [5.41, 5.74) is 0. The Balaban J connectivity index is 3.63. The Morgan fingerprint density at radius 3 is 1.96 bits per heavy atom. The van der Waals surface area contributed by atoms with Crippen molar-refractivity contribution in [2.75, 3.05) is 27.7 Å². The van der Waals surface area contributed by atoms with E-state index in [-0.39, 0.29) is 12.5 Å². The molecular weight excluding hydrogens is 314 g/mol. The zero-order chi connectivity index (χ0) is 19.0. The van der Waals surface area contributed by atoms with Crippen molar-refractivity contribution in [1.29, 1.82) is 0 Å². The quantitative estimate of drug-likeness (QED) is 0.216. The van der Waals surface area contributed by atoms with Crippen LogP contribution in [0.1, 0.15) is 84.0 Å². The molecule has 0 aromatic heterocycles. The third-order valence-corrected chi connectivity index (χ3v) is 4.25.